The van der Waals surface area contributed by atoms with Crippen LogP contribution in [0.1, 0.15) is 18.3 Å². The third-order valence-corrected chi connectivity index (χ3v) is 2.51. The molecule has 0 amide bonds. The quantitative estimate of drug-likeness (QED) is 0.798. The van der Waals surface area contributed by atoms with E-state index in [0.29, 0.717) is 12.2 Å². The van der Waals surface area contributed by atoms with Crippen LogP contribution in [0.25, 0.3) is 0 Å². The summed E-state index contributed by atoms with van der Waals surface area (Å²) in [5.74, 6) is -0.801. The van der Waals surface area contributed by atoms with Gasteiger partial charge in [-0.05, 0) is 33.0 Å². The molecule has 1 heterocycles. The molecule has 0 aromatic carbocycles. The van der Waals surface area contributed by atoms with Crippen LogP contribution in [0.3, 0.4) is 0 Å². The molecular formula is C11H16N2O3. The highest BCUT2D eigenvalue weighted by atomic mass is 16.4. The summed E-state index contributed by atoms with van der Waals surface area (Å²) in [5, 5.41) is 18.4. The first-order valence-corrected chi connectivity index (χ1v) is 5.00. The lowest BCUT2D eigenvalue weighted by atomic mass is 10.2. The first-order valence-electron chi connectivity index (χ1n) is 5.00. The Morgan fingerprint density at radius 3 is 2.75 bits per heavy atom. The van der Waals surface area contributed by atoms with Crippen LogP contribution in [0.2, 0.25) is 0 Å². The van der Waals surface area contributed by atoms with Gasteiger partial charge in [0, 0.05) is 12.2 Å². The highest BCUT2D eigenvalue weighted by Gasteiger charge is 2.18. The molecule has 2 N–H and O–H groups in total. The molecule has 1 rings (SSSR count). The molecule has 1 atom stereocenters. The Balaban J connectivity index is 2.80. The largest absolute Gasteiger partial charge is 0.506 e. The number of likely N-dealkylation sites (N-methyl/N-ethyl adjacent to an activating group) is 1. The molecule has 0 spiro atoms. The normalized spacial score (nSPS) is 12.8. The zero-order valence-corrected chi connectivity index (χ0v) is 9.64. The van der Waals surface area contributed by atoms with E-state index in [1.165, 1.54) is 0 Å². The summed E-state index contributed by atoms with van der Waals surface area (Å²) < 4.78 is 0. The van der Waals surface area contributed by atoms with Crippen molar-refractivity contribution in [1.82, 2.24) is 9.88 Å². The Hall–Kier alpha value is -1.62. The summed E-state index contributed by atoms with van der Waals surface area (Å²) in [6.07, 6.45) is 0. The van der Waals surface area contributed by atoms with Crippen LogP contribution in [0.5, 0.6) is 5.75 Å². The van der Waals surface area contributed by atoms with Crippen LogP contribution in [0.15, 0.2) is 12.1 Å². The van der Waals surface area contributed by atoms with E-state index in [1.807, 2.05) is 6.92 Å². The molecule has 0 aliphatic carbocycles. The maximum absolute atomic E-state index is 10.8. The molecule has 0 radical (unpaired) electrons. The Kier molecular flexibility index (Phi) is 3.84. The Labute approximate surface area is 94.4 Å². The van der Waals surface area contributed by atoms with Gasteiger partial charge in [-0.3, -0.25) is 14.7 Å². The van der Waals surface area contributed by atoms with Crippen molar-refractivity contribution < 1.29 is 15.0 Å². The van der Waals surface area contributed by atoms with Gasteiger partial charge in [-0.2, -0.15) is 0 Å². The molecule has 0 aliphatic heterocycles. The monoisotopic (exact) mass is 224 g/mol. The highest BCUT2D eigenvalue weighted by Crippen LogP contribution is 2.17. The lowest BCUT2D eigenvalue weighted by Crippen LogP contribution is -2.35. The van der Waals surface area contributed by atoms with Gasteiger partial charge in [-0.15, -0.1) is 0 Å². The molecule has 88 valence electrons. The highest BCUT2D eigenvalue weighted by molar-refractivity contribution is 5.72. The van der Waals surface area contributed by atoms with Crippen molar-refractivity contribution >= 4 is 5.97 Å². The molecular weight excluding hydrogens is 208 g/mol. The number of rotatable bonds is 4. The molecule has 0 fully saturated rings. The number of aromatic nitrogens is 1. The Morgan fingerprint density at radius 1 is 1.56 bits per heavy atom. The van der Waals surface area contributed by atoms with E-state index >= 15 is 0 Å². The smallest absolute Gasteiger partial charge is 0.320 e. The van der Waals surface area contributed by atoms with E-state index in [4.69, 9.17) is 5.11 Å². The van der Waals surface area contributed by atoms with Gasteiger partial charge in [-0.25, -0.2) is 0 Å². The number of hydrogen-bond donors (Lipinski definition) is 2. The maximum atomic E-state index is 10.8. The third kappa shape index (κ3) is 2.93. The molecule has 0 bridgehead atoms. The Morgan fingerprint density at radius 2 is 2.19 bits per heavy atom. The number of nitrogens with zero attached hydrogens (tertiary/aromatic N) is 2. The van der Waals surface area contributed by atoms with Gasteiger partial charge in [0.2, 0.25) is 0 Å². The average Bonchev–Trinajstić information content (AvgIpc) is 2.22. The predicted molar refractivity (Wildman–Crippen MR) is 59.2 cm³/mol. The van der Waals surface area contributed by atoms with E-state index in [1.54, 1.807) is 31.0 Å². The van der Waals surface area contributed by atoms with Crippen LogP contribution < -0.4 is 0 Å². The number of carboxylic acids is 1. The molecule has 5 nitrogen and oxygen atoms in total. The number of aliphatic carboxylic acids is 1. The number of hydrogen-bond acceptors (Lipinski definition) is 4. The molecule has 16 heavy (non-hydrogen) atoms. The number of pyridine rings is 1. The number of carboxylic acid groups (broad SMARTS) is 1. The average molecular weight is 224 g/mol. The fourth-order valence-corrected chi connectivity index (χ4v) is 1.28. The summed E-state index contributed by atoms with van der Waals surface area (Å²) in [5.41, 5.74) is 1.29. The lowest BCUT2D eigenvalue weighted by Gasteiger charge is -2.21. The van der Waals surface area contributed by atoms with Gasteiger partial charge >= 0.3 is 5.97 Å². The SMILES string of the molecule is Cc1ccc(O)c(CN(C)C(C)C(=O)O)n1. The van der Waals surface area contributed by atoms with E-state index in [9.17, 15) is 9.90 Å². The van der Waals surface area contributed by atoms with Crippen molar-refractivity contribution in [2.45, 2.75) is 26.4 Å². The van der Waals surface area contributed by atoms with E-state index < -0.39 is 12.0 Å². The van der Waals surface area contributed by atoms with Gasteiger partial charge in [0.15, 0.2) is 0 Å². The predicted octanol–water partition coefficient (Wildman–Crippen LogP) is 1.00. The van der Waals surface area contributed by atoms with Crippen molar-refractivity contribution in [3.8, 4) is 5.75 Å². The van der Waals surface area contributed by atoms with Gasteiger partial charge in [0.05, 0.1) is 5.69 Å². The first-order chi connectivity index (χ1) is 7.41. The minimum atomic E-state index is -0.894. The summed E-state index contributed by atoms with van der Waals surface area (Å²) in [6, 6.07) is 2.66. The standard InChI is InChI=1S/C11H16N2O3/c1-7-4-5-10(14)9(12-7)6-13(3)8(2)11(15)16/h4-5,8,14H,6H2,1-3H3,(H,15,16). The fraction of sp³-hybridized carbons (Fsp3) is 0.455. The van der Waals surface area contributed by atoms with Crippen LogP contribution in [-0.4, -0.2) is 39.2 Å². The van der Waals surface area contributed by atoms with Gasteiger partial charge < -0.3 is 10.2 Å². The van der Waals surface area contributed by atoms with Crippen LogP contribution >= 0.6 is 0 Å². The van der Waals surface area contributed by atoms with E-state index in [-0.39, 0.29) is 5.75 Å². The number of aromatic hydroxyl groups is 1. The van der Waals surface area contributed by atoms with Gasteiger partial charge in [-0.1, -0.05) is 0 Å². The molecule has 1 aromatic rings. The summed E-state index contributed by atoms with van der Waals surface area (Å²) in [6.45, 7) is 3.72. The van der Waals surface area contributed by atoms with Gasteiger partial charge in [0.25, 0.3) is 0 Å². The van der Waals surface area contributed by atoms with E-state index in [0.717, 1.165) is 5.69 Å². The molecule has 0 saturated carbocycles. The van der Waals surface area contributed by atoms with Crippen LogP contribution in [0.4, 0.5) is 0 Å². The molecule has 0 aliphatic rings. The van der Waals surface area contributed by atoms with Crippen molar-refractivity contribution in [2.75, 3.05) is 7.05 Å². The van der Waals surface area contributed by atoms with Crippen molar-refractivity contribution in [2.24, 2.45) is 0 Å². The second-order valence-corrected chi connectivity index (χ2v) is 3.85. The third-order valence-electron chi connectivity index (χ3n) is 2.51. The number of aryl methyl sites for hydroxylation is 1. The van der Waals surface area contributed by atoms with Crippen molar-refractivity contribution in [3.05, 3.63) is 23.5 Å². The van der Waals surface area contributed by atoms with Crippen LogP contribution in [0, 0.1) is 6.92 Å². The molecule has 5 heteroatoms. The second kappa shape index (κ2) is 4.94. The summed E-state index contributed by atoms with van der Waals surface area (Å²) in [7, 11) is 1.68. The minimum absolute atomic E-state index is 0.0926. The molecule has 1 unspecified atom stereocenters. The number of carbonyl (C=O) groups is 1. The zero-order chi connectivity index (χ0) is 12.3. The molecule has 0 saturated heterocycles. The topological polar surface area (TPSA) is 73.7 Å². The Bertz CT molecular complexity index is 393. The van der Waals surface area contributed by atoms with Crippen molar-refractivity contribution in [1.29, 1.82) is 0 Å². The van der Waals surface area contributed by atoms with Crippen LogP contribution in [-0.2, 0) is 11.3 Å². The fourth-order valence-electron chi connectivity index (χ4n) is 1.28. The second-order valence-electron chi connectivity index (χ2n) is 3.85. The zero-order valence-electron chi connectivity index (χ0n) is 9.64. The summed E-state index contributed by atoms with van der Waals surface area (Å²) in [4.78, 5) is 16.5. The minimum Gasteiger partial charge on any atom is -0.506 e. The lowest BCUT2D eigenvalue weighted by molar-refractivity contribution is -0.142. The maximum Gasteiger partial charge on any atom is 0.320 e. The van der Waals surface area contributed by atoms with Crippen molar-refractivity contribution in [3.63, 3.8) is 0 Å². The summed E-state index contributed by atoms with van der Waals surface area (Å²) >= 11 is 0. The molecule has 1 aromatic heterocycles. The van der Waals surface area contributed by atoms with E-state index in [2.05, 4.69) is 4.98 Å². The van der Waals surface area contributed by atoms with Gasteiger partial charge in [0.1, 0.15) is 11.8 Å². The first kappa shape index (κ1) is 12.4.